The van der Waals surface area contributed by atoms with Crippen LogP contribution < -0.4 is 0 Å². The van der Waals surface area contributed by atoms with Gasteiger partial charge >= 0.3 is 11.9 Å². The van der Waals surface area contributed by atoms with Crippen molar-refractivity contribution in [2.45, 2.75) is 168 Å². The lowest BCUT2D eigenvalue weighted by atomic mass is 10.1. The Labute approximate surface area is 275 Å². The van der Waals surface area contributed by atoms with Crippen molar-refractivity contribution in [3.8, 4) is 0 Å². The van der Waals surface area contributed by atoms with Crippen LogP contribution in [0.5, 0.6) is 0 Å². The van der Waals surface area contributed by atoms with Gasteiger partial charge in [0.05, 0.1) is 41.3 Å². The SMILES string of the molecule is CCCCCCCCCC[N+](C)(C)CCOC(=O)CCCCCCCCC(=O)OCC[N+](C)(C)CCCCCCCCCC. The molecule has 0 aromatic carbocycles. The van der Waals surface area contributed by atoms with Gasteiger partial charge in [0.25, 0.3) is 0 Å². The van der Waals surface area contributed by atoms with Crippen LogP contribution in [-0.4, -0.2) is 88.5 Å². The molecule has 6 heteroatoms. The number of rotatable bonds is 33. The first-order valence-corrected chi connectivity index (χ1v) is 19.1. The molecule has 0 spiro atoms. The van der Waals surface area contributed by atoms with E-state index in [1.807, 2.05) is 0 Å². The van der Waals surface area contributed by atoms with Gasteiger partial charge in [-0.3, -0.25) is 9.59 Å². The summed E-state index contributed by atoms with van der Waals surface area (Å²) in [4.78, 5) is 24.3. The minimum Gasteiger partial charge on any atom is -0.460 e. The third kappa shape index (κ3) is 30.9. The van der Waals surface area contributed by atoms with Crippen LogP contribution in [0.3, 0.4) is 0 Å². The van der Waals surface area contributed by atoms with Crippen molar-refractivity contribution < 1.29 is 28.0 Å². The first-order chi connectivity index (χ1) is 21.1. The fourth-order valence-electron chi connectivity index (χ4n) is 5.77. The van der Waals surface area contributed by atoms with Crippen LogP contribution in [0.2, 0.25) is 0 Å². The maximum atomic E-state index is 12.1. The number of hydrogen-bond acceptors (Lipinski definition) is 4. The third-order valence-electron chi connectivity index (χ3n) is 9.17. The summed E-state index contributed by atoms with van der Waals surface area (Å²) in [6.45, 7) is 9.67. The van der Waals surface area contributed by atoms with Crippen LogP contribution in [0, 0.1) is 0 Å². The van der Waals surface area contributed by atoms with Crippen molar-refractivity contribution in [2.75, 3.05) is 67.6 Å². The number of nitrogens with zero attached hydrogens (tertiary/aromatic N) is 2. The lowest BCUT2D eigenvalue weighted by molar-refractivity contribution is -0.890. The van der Waals surface area contributed by atoms with E-state index in [9.17, 15) is 9.59 Å². The maximum Gasteiger partial charge on any atom is 0.305 e. The zero-order chi connectivity index (χ0) is 32.8. The number of unbranched alkanes of at least 4 members (excludes halogenated alkanes) is 19. The molecular weight excluding hydrogens is 548 g/mol. The van der Waals surface area contributed by atoms with Gasteiger partial charge in [-0.05, 0) is 38.5 Å². The van der Waals surface area contributed by atoms with Crippen LogP contribution in [0.4, 0.5) is 0 Å². The Balaban J connectivity index is 3.60. The number of ether oxygens (including phenoxy) is 2. The number of carbonyl (C=O) groups excluding carboxylic acids is 2. The Morgan fingerprint density at radius 2 is 0.659 bits per heavy atom. The lowest BCUT2D eigenvalue weighted by Gasteiger charge is -2.29. The summed E-state index contributed by atoms with van der Waals surface area (Å²) in [5.41, 5.74) is 0. The molecule has 44 heavy (non-hydrogen) atoms. The highest BCUT2D eigenvalue weighted by Gasteiger charge is 2.16. The third-order valence-corrected chi connectivity index (χ3v) is 9.17. The first-order valence-electron chi connectivity index (χ1n) is 19.1. The standard InChI is InChI=1S/C38H78N2O4/c1-7-9-11-13-15-19-23-27-31-39(3,4)33-35-43-37(41)29-25-21-17-18-22-26-30-38(42)44-36-34-40(5,6)32-28-24-20-16-14-12-10-8-2/h7-36H2,1-6H3/q+2. The van der Waals surface area contributed by atoms with Crippen LogP contribution in [-0.2, 0) is 19.1 Å². The molecule has 6 nitrogen and oxygen atoms in total. The maximum absolute atomic E-state index is 12.1. The number of carbonyl (C=O) groups is 2. The number of quaternary nitrogens is 2. The summed E-state index contributed by atoms with van der Waals surface area (Å²) in [6.07, 6.45) is 28.6. The molecule has 0 N–H and O–H groups in total. The van der Waals surface area contributed by atoms with Gasteiger partial charge in [0, 0.05) is 12.8 Å². The average molecular weight is 627 g/mol. The van der Waals surface area contributed by atoms with Gasteiger partial charge < -0.3 is 18.4 Å². The average Bonchev–Trinajstić information content (AvgIpc) is 2.97. The van der Waals surface area contributed by atoms with E-state index >= 15 is 0 Å². The molecule has 0 atom stereocenters. The predicted octanol–water partition coefficient (Wildman–Crippen LogP) is 9.63. The van der Waals surface area contributed by atoms with E-state index in [1.165, 1.54) is 103 Å². The predicted molar refractivity (Wildman–Crippen MR) is 188 cm³/mol. The van der Waals surface area contributed by atoms with Gasteiger partial charge in [0.1, 0.15) is 26.3 Å². The fraction of sp³-hybridized carbons (Fsp3) is 0.947. The second kappa shape index (κ2) is 29.3. The second-order valence-corrected chi connectivity index (χ2v) is 14.8. The molecule has 0 aromatic rings. The van der Waals surface area contributed by atoms with Gasteiger partial charge in [-0.2, -0.15) is 0 Å². The van der Waals surface area contributed by atoms with Crippen molar-refractivity contribution in [1.29, 1.82) is 0 Å². The molecule has 0 aliphatic carbocycles. The first kappa shape index (κ1) is 42.9. The Bertz CT molecular complexity index is 609. The van der Waals surface area contributed by atoms with Gasteiger partial charge in [-0.15, -0.1) is 0 Å². The van der Waals surface area contributed by atoms with E-state index in [1.54, 1.807) is 0 Å². The summed E-state index contributed by atoms with van der Waals surface area (Å²) in [5, 5.41) is 0. The van der Waals surface area contributed by atoms with Gasteiger partial charge in [0.2, 0.25) is 0 Å². The van der Waals surface area contributed by atoms with Crippen molar-refractivity contribution in [1.82, 2.24) is 0 Å². The molecule has 0 aliphatic heterocycles. The number of esters is 2. The molecule has 0 rings (SSSR count). The summed E-state index contributed by atoms with van der Waals surface area (Å²) in [6, 6.07) is 0. The fourth-order valence-corrected chi connectivity index (χ4v) is 5.77. The van der Waals surface area contributed by atoms with E-state index < -0.39 is 0 Å². The molecule has 0 aliphatic rings. The monoisotopic (exact) mass is 627 g/mol. The molecule has 0 bridgehead atoms. The molecule has 0 unspecified atom stereocenters. The largest absolute Gasteiger partial charge is 0.460 e. The minimum atomic E-state index is -0.0561. The molecule has 0 radical (unpaired) electrons. The van der Waals surface area contributed by atoms with E-state index in [0.29, 0.717) is 26.1 Å². The molecular formula is C38H78N2O4+2. The summed E-state index contributed by atoms with van der Waals surface area (Å²) in [7, 11) is 8.98. The molecule has 0 fully saturated rings. The van der Waals surface area contributed by atoms with E-state index in [2.05, 4.69) is 42.0 Å². The van der Waals surface area contributed by atoms with Crippen LogP contribution >= 0.6 is 0 Å². The van der Waals surface area contributed by atoms with Gasteiger partial charge in [0.15, 0.2) is 0 Å². The lowest BCUT2D eigenvalue weighted by Crippen LogP contribution is -2.43. The van der Waals surface area contributed by atoms with Crippen molar-refractivity contribution in [3.05, 3.63) is 0 Å². The van der Waals surface area contributed by atoms with Gasteiger partial charge in [-0.25, -0.2) is 0 Å². The Morgan fingerprint density at radius 3 is 0.977 bits per heavy atom. The van der Waals surface area contributed by atoms with Gasteiger partial charge in [-0.1, -0.05) is 117 Å². The molecule has 262 valence electrons. The van der Waals surface area contributed by atoms with E-state index in [0.717, 1.165) is 73.7 Å². The zero-order valence-electron chi connectivity index (χ0n) is 30.7. The van der Waals surface area contributed by atoms with Crippen LogP contribution in [0.1, 0.15) is 168 Å². The highest BCUT2D eigenvalue weighted by Crippen LogP contribution is 2.13. The van der Waals surface area contributed by atoms with E-state index in [4.69, 9.17) is 9.47 Å². The molecule has 0 aromatic heterocycles. The molecule has 0 saturated carbocycles. The smallest absolute Gasteiger partial charge is 0.305 e. The second-order valence-electron chi connectivity index (χ2n) is 14.8. The quantitative estimate of drug-likeness (QED) is 0.0413. The summed E-state index contributed by atoms with van der Waals surface area (Å²) in [5.74, 6) is -0.112. The Morgan fingerprint density at radius 1 is 0.386 bits per heavy atom. The normalized spacial score (nSPS) is 12.0. The summed E-state index contributed by atoms with van der Waals surface area (Å²) < 4.78 is 12.9. The summed E-state index contributed by atoms with van der Waals surface area (Å²) >= 11 is 0. The Hall–Kier alpha value is -1.14. The number of likely N-dealkylation sites (N-methyl/N-ethyl adjacent to an activating group) is 2. The topological polar surface area (TPSA) is 52.6 Å². The van der Waals surface area contributed by atoms with Crippen LogP contribution in [0.15, 0.2) is 0 Å². The van der Waals surface area contributed by atoms with Crippen molar-refractivity contribution in [3.63, 3.8) is 0 Å². The highest BCUT2D eigenvalue weighted by molar-refractivity contribution is 5.69. The van der Waals surface area contributed by atoms with E-state index in [-0.39, 0.29) is 11.9 Å². The Kier molecular flexibility index (Phi) is 28.5. The zero-order valence-corrected chi connectivity index (χ0v) is 30.7. The van der Waals surface area contributed by atoms with Crippen molar-refractivity contribution >= 4 is 11.9 Å². The number of hydrogen-bond donors (Lipinski definition) is 0. The minimum absolute atomic E-state index is 0.0561. The highest BCUT2D eigenvalue weighted by atomic mass is 16.5. The van der Waals surface area contributed by atoms with Crippen molar-refractivity contribution in [2.24, 2.45) is 0 Å². The molecule has 0 heterocycles. The van der Waals surface area contributed by atoms with Crippen LogP contribution in [0.25, 0.3) is 0 Å². The molecule has 0 saturated heterocycles. The molecule has 0 amide bonds.